The van der Waals surface area contributed by atoms with Gasteiger partial charge in [0.25, 0.3) is 0 Å². The highest BCUT2D eigenvalue weighted by Gasteiger charge is 2.04. The smallest absolute Gasteiger partial charge is 0.0325 e. The topological polar surface area (TPSA) is 78.2 Å². The van der Waals surface area contributed by atoms with E-state index in [4.69, 9.17) is 5.73 Å². The molecular formula is C9H14ClN2O2S-. The lowest BCUT2D eigenvalue weighted by Gasteiger charge is -2.13. The van der Waals surface area contributed by atoms with Crippen LogP contribution in [0.3, 0.4) is 0 Å². The zero-order valence-corrected chi connectivity index (χ0v) is 9.94. The van der Waals surface area contributed by atoms with E-state index < -0.39 is 11.3 Å². The summed E-state index contributed by atoms with van der Waals surface area (Å²) in [4.78, 5) is 0. The Morgan fingerprint density at radius 3 is 2.67 bits per heavy atom. The zero-order chi connectivity index (χ0) is 10.6. The summed E-state index contributed by atoms with van der Waals surface area (Å²) in [7, 11) is 0. The molecule has 0 saturated carbocycles. The van der Waals surface area contributed by atoms with Crippen molar-refractivity contribution in [3.63, 3.8) is 0 Å². The van der Waals surface area contributed by atoms with E-state index in [2.05, 4.69) is 4.72 Å². The summed E-state index contributed by atoms with van der Waals surface area (Å²) >= 11 is -2.23. The average molecular weight is 250 g/mol. The molecule has 1 aromatic rings. The Bertz CT molecular complexity index is 334. The van der Waals surface area contributed by atoms with Crippen LogP contribution < -0.4 is 10.5 Å². The summed E-state index contributed by atoms with van der Waals surface area (Å²) in [5.74, 6) is 0. The van der Waals surface area contributed by atoms with E-state index >= 15 is 0 Å². The molecule has 0 bridgehead atoms. The van der Waals surface area contributed by atoms with Crippen molar-refractivity contribution >= 4 is 23.7 Å². The highest BCUT2D eigenvalue weighted by Crippen LogP contribution is 2.15. The van der Waals surface area contributed by atoms with Crippen LogP contribution in [0.15, 0.2) is 24.3 Å². The number of halogens is 1. The standard InChI is InChI=1S/C9H14N2O2S.ClH/c1-7(10)9-5-3-2-4-8(9)6-11-14(12)13;/h2-5,7,11H,6,10H2,1H3,(H,12,13);1H/p-1. The van der Waals surface area contributed by atoms with Gasteiger partial charge in [-0.05, 0) is 18.1 Å². The fraction of sp³-hybridized carbons (Fsp3) is 0.333. The maximum absolute atomic E-state index is 10.3. The quantitative estimate of drug-likeness (QED) is 0.782. The molecular weight excluding hydrogens is 236 g/mol. The number of hydrogen-bond acceptors (Lipinski definition) is 3. The molecule has 0 saturated heterocycles. The highest BCUT2D eigenvalue weighted by atomic mass is 35.5. The molecule has 1 aromatic carbocycles. The first-order valence-electron chi connectivity index (χ1n) is 4.27. The summed E-state index contributed by atoms with van der Waals surface area (Å²) in [6.45, 7) is 2.15. The van der Waals surface area contributed by atoms with Crippen LogP contribution in [0.1, 0.15) is 24.1 Å². The number of rotatable bonds is 4. The third kappa shape index (κ3) is 4.72. The van der Waals surface area contributed by atoms with Crippen LogP contribution in [0.2, 0.25) is 0 Å². The largest absolute Gasteiger partial charge is 0.760 e. The van der Waals surface area contributed by atoms with E-state index in [0.717, 1.165) is 11.1 Å². The molecule has 2 unspecified atom stereocenters. The van der Waals surface area contributed by atoms with Gasteiger partial charge in [-0.1, -0.05) is 24.3 Å². The van der Waals surface area contributed by atoms with Gasteiger partial charge in [0, 0.05) is 23.9 Å². The first-order valence-corrected chi connectivity index (χ1v) is 5.35. The maximum atomic E-state index is 10.3. The molecule has 1 rings (SSSR count). The van der Waals surface area contributed by atoms with Crippen molar-refractivity contribution in [1.82, 2.24) is 4.72 Å². The zero-order valence-electron chi connectivity index (χ0n) is 8.30. The molecule has 6 heteroatoms. The van der Waals surface area contributed by atoms with Crippen molar-refractivity contribution in [3.8, 4) is 0 Å². The monoisotopic (exact) mass is 249 g/mol. The molecule has 15 heavy (non-hydrogen) atoms. The van der Waals surface area contributed by atoms with Crippen LogP contribution in [0, 0.1) is 0 Å². The first-order chi connectivity index (χ1) is 6.61. The molecule has 2 atom stereocenters. The molecule has 3 N–H and O–H groups in total. The third-order valence-corrected chi connectivity index (χ3v) is 2.31. The van der Waals surface area contributed by atoms with Gasteiger partial charge in [0.1, 0.15) is 0 Å². The molecule has 0 radical (unpaired) electrons. The minimum absolute atomic E-state index is 0. The third-order valence-electron chi connectivity index (χ3n) is 1.93. The summed E-state index contributed by atoms with van der Waals surface area (Å²) < 4.78 is 22.9. The first kappa shape index (κ1) is 14.5. The predicted molar refractivity (Wildman–Crippen MR) is 62.1 cm³/mol. The Balaban J connectivity index is 0.00000196. The van der Waals surface area contributed by atoms with Gasteiger partial charge in [-0.15, -0.1) is 12.4 Å². The molecule has 0 heterocycles. The maximum Gasteiger partial charge on any atom is 0.0325 e. The molecule has 0 aliphatic carbocycles. The molecule has 0 aliphatic rings. The van der Waals surface area contributed by atoms with Crippen LogP contribution >= 0.6 is 12.4 Å². The average Bonchev–Trinajstić information content (AvgIpc) is 2.15. The molecule has 0 amide bonds. The second kappa shape index (κ2) is 6.92. The van der Waals surface area contributed by atoms with Crippen molar-refractivity contribution in [1.29, 1.82) is 0 Å². The number of hydrogen-bond donors (Lipinski definition) is 2. The van der Waals surface area contributed by atoms with Gasteiger partial charge in [-0.25, -0.2) is 4.72 Å². The Morgan fingerprint density at radius 1 is 1.53 bits per heavy atom. The van der Waals surface area contributed by atoms with Crippen LogP contribution in [0.25, 0.3) is 0 Å². The summed E-state index contributed by atoms with van der Waals surface area (Å²) in [6.07, 6.45) is 0. The number of benzene rings is 1. The van der Waals surface area contributed by atoms with Crippen LogP contribution in [-0.4, -0.2) is 8.76 Å². The van der Waals surface area contributed by atoms with E-state index in [0.29, 0.717) is 0 Å². The Labute approximate surface area is 98.1 Å². The lowest BCUT2D eigenvalue weighted by Crippen LogP contribution is -2.18. The van der Waals surface area contributed by atoms with Crippen LogP contribution in [0.5, 0.6) is 0 Å². The minimum Gasteiger partial charge on any atom is -0.760 e. The van der Waals surface area contributed by atoms with E-state index in [1.54, 1.807) is 0 Å². The van der Waals surface area contributed by atoms with Crippen LogP contribution in [0.4, 0.5) is 0 Å². The van der Waals surface area contributed by atoms with E-state index in [-0.39, 0.29) is 25.0 Å². The Hall–Kier alpha value is -0.460. The number of nitrogens with two attached hydrogens (primary N) is 1. The fourth-order valence-electron chi connectivity index (χ4n) is 1.28. The summed E-state index contributed by atoms with van der Waals surface area (Å²) in [5, 5.41) is 0. The van der Waals surface area contributed by atoms with Gasteiger partial charge in [0.05, 0.1) is 0 Å². The molecule has 4 nitrogen and oxygen atoms in total. The van der Waals surface area contributed by atoms with Gasteiger partial charge in [-0.2, -0.15) is 0 Å². The normalized spacial score (nSPS) is 14.1. The Kier molecular flexibility index (Phi) is 6.71. The Morgan fingerprint density at radius 2 is 2.13 bits per heavy atom. The molecule has 0 aliphatic heterocycles. The minimum atomic E-state index is -2.23. The van der Waals surface area contributed by atoms with Crippen molar-refractivity contribution in [2.75, 3.05) is 0 Å². The molecule has 0 aromatic heterocycles. The van der Waals surface area contributed by atoms with Crippen molar-refractivity contribution < 1.29 is 8.76 Å². The molecule has 0 fully saturated rings. The van der Waals surface area contributed by atoms with Gasteiger partial charge >= 0.3 is 0 Å². The summed E-state index contributed by atoms with van der Waals surface area (Å²) in [6, 6.07) is 7.41. The van der Waals surface area contributed by atoms with Gasteiger partial charge in [-0.3, -0.25) is 4.21 Å². The van der Waals surface area contributed by atoms with Gasteiger partial charge in [0.15, 0.2) is 0 Å². The van der Waals surface area contributed by atoms with Crippen molar-refractivity contribution in [3.05, 3.63) is 35.4 Å². The second-order valence-corrected chi connectivity index (χ2v) is 3.80. The van der Waals surface area contributed by atoms with Crippen molar-refractivity contribution in [2.24, 2.45) is 5.73 Å². The lowest BCUT2D eigenvalue weighted by molar-refractivity contribution is 0.522. The predicted octanol–water partition coefficient (Wildman–Crippen LogP) is 1.01. The SMILES string of the molecule is CC(N)c1ccccc1CNS(=O)[O-].Cl. The molecule has 86 valence electrons. The van der Waals surface area contributed by atoms with Crippen LogP contribution in [-0.2, 0) is 17.8 Å². The summed E-state index contributed by atoms with van der Waals surface area (Å²) in [5.41, 5.74) is 7.61. The number of nitrogens with one attached hydrogen (secondary N) is 1. The van der Waals surface area contributed by atoms with E-state index in [1.165, 1.54) is 0 Å². The molecule has 0 spiro atoms. The highest BCUT2D eigenvalue weighted by molar-refractivity contribution is 7.77. The lowest BCUT2D eigenvalue weighted by atomic mass is 10.0. The van der Waals surface area contributed by atoms with E-state index in [9.17, 15) is 8.76 Å². The van der Waals surface area contributed by atoms with Crippen molar-refractivity contribution in [2.45, 2.75) is 19.5 Å². The second-order valence-electron chi connectivity index (χ2n) is 3.04. The van der Waals surface area contributed by atoms with Gasteiger partial charge in [0.2, 0.25) is 0 Å². The van der Waals surface area contributed by atoms with Gasteiger partial charge < -0.3 is 10.3 Å². The fourth-order valence-corrected chi connectivity index (χ4v) is 1.55. The van der Waals surface area contributed by atoms with E-state index in [1.807, 2.05) is 31.2 Å².